The highest BCUT2D eigenvalue weighted by Gasteiger charge is 2.07. The molecule has 0 aliphatic heterocycles. The van der Waals surface area contributed by atoms with E-state index in [1.54, 1.807) is 0 Å². The fraction of sp³-hybridized carbons (Fsp3) is 0.909. The maximum Gasteiger partial charge on any atom is 0.132 e. The maximum atomic E-state index is 11.1. The van der Waals surface area contributed by atoms with Crippen molar-refractivity contribution in [1.82, 2.24) is 0 Å². The molecule has 0 spiro atoms. The Kier molecular flexibility index (Phi) is 6.04. The molecule has 1 heteroatoms. The third kappa shape index (κ3) is 6.38. The summed E-state index contributed by atoms with van der Waals surface area (Å²) in [7, 11) is 0. The molecular weight excluding hydrogens is 148 g/mol. The van der Waals surface area contributed by atoms with Crippen LogP contribution in [-0.4, -0.2) is 5.78 Å². The standard InChI is InChI=1S/C11H22O/c1-5-11(12)8-10(4)7-6-9(2)3/h9-10H,5-8H2,1-4H3. The van der Waals surface area contributed by atoms with Crippen molar-refractivity contribution in [3.05, 3.63) is 0 Å². The number of ketones is 1. The van der Waals surface area contributed by atoms with Crippen molar-refractivity contribution in [2.24, 2.45) is 11.8 Å². The van der Waals surface area contributed by atoms with Crippen molar-refractivity contribution in [3.8, 4) is 0 Å². The lowest BCUT2D eigenvalue weighted by Gasteiger charge is -2.11. The Hall–Kier alpha value is -0.330. The summed E-state index contributed by atoms with van der Waals surface area (Å²) < 4.78 is 0. The quantitative estimate of drug-likeness (QED) is 0.597. The Morgan fingerprint density at radius 1 is 1.17 bits per heavy atom. The SMILES string of the molecule is CCC(=O)CC(C)CCC(C)C. The second-order valence-electron chi connectivity index (χ2n) is 4.17. The Morgan fingerprint density at radius 3 is 2.17 bits per heavy atom. The second-order valence-corrected chi connectivity index (χ2v) is 4.17. The van der Waals surface area contributed by atoms with Crippen molar-refractivity contribution in [3.63, 3.8) is 0 Å². The molecule has 0 heterocycles. The van der Waals surface area contributed by atoms with Gasteiger partial charge >= 0.3 is 0 Å². The van der Waals surface area contributed by atoms with Crippen molar-refractivity contribution in [1.29, 1.82) is 0 Å². The van der Waals surface area contributed by atoms with E-state index in [0.29, 0.717) is 18.1 Å². The van der Waals surface area contributed by atoms with Crippen molar-refractivity contribution >= 4 is 5.78 Å². The number of carbonyl (C=O) groups is 1. The van der Waals surface area contributed by atoms with E-state index >= 15 is 0 Å². The van der Waals surface area contributed by atoms with Gasteiger partial charge in [-0.3, -0.25) is 4.79 Å². The van der Waals surface area contributed by atoms with Gasteiger partial charge in [0, 0.05) is 12.8 Å². The molecule has 0 aromatic heterocycles. The fourth-order valence-electron chi connectivity index (χ4n) is 1.25. The molecule has 0 saturated heterocycles. The van der Waals surface area contributed by atoms with Gasteiger partial charge < -0.3 is 0 Å². The molecule has 1 unspecified atom stereocenters. The van der Waals surface area contributed by atoms with Gasteiger partial charge in [0.05, 0.1) is 0 Å². The van der Waals surface area contributed by atoms with E-state index in [1.807, 2.05) is 6.92 Å². The monoisotopic (exact) mass is 170 g/mol. The minimum atomic E-state index is 0.409. The highest BCUT2D eigenvalue weighted by Crippen LogP contribution is 2.15. The topological polar surface area (TPSA) is 17.1 Å². The average Bonchev–Trinajstić information content (AvgIpc) is 2.00. The zero-order chi connectivity index (χ0) is 9.56. The molecule has 1 nitrogen and oxygen atoms in total. The van der Waals surface area contributed by atoms with Crippen LogP contribution in [0.25, 0.3) is 0 Å². The van der Waals surface area contributed by atoms with Crippen LogP contribution in [0, 0.1) is 11.8 Å². The summed E-state index contributed by atoms with van der Waals surface area (Å²) in [4.78, 5) is 11.1. The van der Waals surface area contributed by atoms with Gasteiger partial charge in [-0.15, -0.1) is 0 Å². The maximum absolute atomic E-state index is 11.1. The highest BCUT2D eigenvalue weighted by molar-refractivity contribution is 5.78. The summed E-state index contributed by atoms with van der Waals surface area (Å²) in [6, 6.07) is 0. The van der Waals surface area contributed by atoms with Crippen LogP contribution in [0.3, 0.4) is 0 Å². The lowest BCUT2D eigenvalue weighted by Crippen LogP contribution is -2.05. The molecule has 1 atom stereocenters. The Balaban J connectivity index is 3.45. The van der Waals surface area contributed by atoms with Crippen LogP contribution < -0.4 is 0 Å². The van der Waals surface area contributed by atoms with Gasteiger partial charge in [-0.2, -0.15) is 0 Å². The summed E-state index contributed by atoms with van der Waals surface area (Å²) in [5, 5.41) is 0. The Morgan fingerprint density at radius 2 is 1.75 bits per heavy atom. The van der Waals surface area contributed by atoms with Crippen LogP contribution >= 0.6 is 0 Å². The van der Waals surface area contributed by atoms with E-state index in [0.717, 1.165) is 12.3 Å². The highest BCUT2D eigenvalue weighted by atomic mass is 16.1. The smallest absolute Gasteiger partial charge is 0.132 e. The van der Waals surface area contributed by atoms with E-state index in [1.165, 1.54) is 12.8 Å². The van der Waals surface area contributed by atoms with E-state index < -0.39 is 0 Å². The zero-order valence-electron chi connectivity index (χ0n) is 8.89. The molecule has 0 N–H and O–H groups in total. The van der Waals surface area contributed by atoms with E-state index in [-0.39, 0.29) is 0 Å². The van der Waals surface area contributed by atoms with Crippen LogP contribution in [-0.2, 0) is 4.79 Å². The largest absolute Gasteiger partial charge is 0.300 e. The molecule has 12 heavy (non-hydrogen) atoms. The van der Waals surface area contributed by atoms with Gasteiger partial charge in [0.2, 0.25) is 0 Å². The molecule has 0 saturated carbocycles. The molecule has 0 fully saturated rings. The van der Waals surface area contributed by atoms with Crippen LogP contribution in [0.4, 0.5) is 0 Å². The van der Waals surface area contributed by atoms with E-state index in [9.17, 15) is 4.79 Å². The molecule has 0 aromatic carbocycles. The van der Waals surface area contributed by atoms with Gasteiger partial charge in [0.15, 0.2) is 0 Å². The van der Waals surface area contributed by atoms with Gasteiger partial charge in [-0.1, -0.05) is 40.5 Å². The van der Waals surface area contributed by atoms with Gasteiger partial charge in [0.25, 0.3) is 0 Å². The molecule has 0 radical (unpaired) electrons. The minimum Gasteiger partial charge on any atom is -0.300 e. The number of hydrogen-bond donors (Lipinski definition) is 0. The molecule has 0 aromatic rings. The molecule has 72 valence electrons. The molecule has 0 rings (SSSR count). The number of Topliss-reactive ketones (excluding diaryl/α,β-unsaturated/α-hetero) is 1. The predicted octanol–water partition coefficient (Wildman–Crippen LogP) is 3.43. The van der Waals surface area contributed by atoms with Crippen LogP contribution in [0.5, 0.6) is 0 Å². The van der Waals surface area contributed by atoms with Crippen LogP contribution in [0.15, 0.2) is 0 Å². The number of hydrogen-bond acceptors (Lipinski definition) is 1. The second kappa shape index (κ2) is 6.22. The molecule has 0 aliphatic rings. The number of rotatable bonds is 6. The van der Waals surface area contributed by atoms with Gasteiger partial charge in [-0.05, 0) is 11.8 Å². The average molecular weight is 170 g/mol. The number of carbonyl (C=O) groups excluding carboxylic acids is 1. The first-order valence-electron chi connectivity index (χ1n) is 5.08. The zero-order valence-corrected chi connectivity index (χ0v) is 8.89. The Labute approximate surface area is 76.6 Å². The van der Waals surface area contributed by atoms with Gasteiger partial charge in [0.1, 0.15) is 5.78 Å². The first-order valence-corrected chi connectivity index (χ1v) is 5.08. The summed E-state index contributed by atoms with van der Waals surface area (Å²) in [5.41, 5.74) is 0. The summed E-state index contributed by atoms with van der Waals surface area (Å²) in [6.07, 6.45) is 3.93. The summed E-state index contributed by atoms with van der Waals surface area (Å²) in [5.74, 6) is 1.76. The van der Waals surface area contributed by atoms with Crippen molar-refractivity contribution in [2.75, 3.05) is 0 Å². The van der Waals surface area contributed by atoms with E-state index in [2.05, 4.69) is 20.8 Å². The third-order valence-corrected chi connectivity index (χ3v) is 2.21. The van der Waals surface area contributed by atoms with Gasteiger partial charge in [-0.25, -0.2) is 0 Å². The minimum absolute atomic E-state index is 0.409. The fourth-order valence-corrected chi connectivity index (χ4v) is 1.25. The van der Waals surface area contributed by atoms with Crippen LogP contribution in [0.2, 0.25) is 0 Å². The van der Waals surface area contributed by atoms with Crippen molar-refractivity contribution < 1.29 is 4.79 Å². The Bertz CT molecular complexity index is 127. The lowest BCUT2D eigenvalue weighted by molar-refractivity contribution is -0.119. The normalized spacial score (nSPS) is 13.4. The van der Waals surface area contributed by atoms with E-state index in [4.69, 9.17) is 0 Å². The van der Waals surface area contributed by atoms with Crippen molar-refractivity contribution in [2.45, 2.75) is 53.4 Å². The molecule has 0 aliphatic carbocycles. The third-order valence-electron chi connectivity index (χ3n) is 2.21. The molecule has 0 amide bonds. The first kappa shape index (κ1) is 11.7. The lowest BCUT2D eigenvalue weighted by atomic mass is 9.94. The predicted molar refractivity (Wildman–Crippen MR) is 53.2 cm³/mol. The summed E-state index contributed by atoms with van der Waals surface area (Å²) >= 11 is 0. The van der Waals surface area contributed by atoms with Crippen LogP contribution in [0.1, 0.15) is 53.4 Å². The first-order chi connectivity index (χ1) is 5.56. The molecular formula is C11H22O. The summed E-state index contributed by atoms with van der Waals surface area (Å²) in [6.45, 7) is 8.58. The molecule has 0 bridgehead atoms.